The monoisotopic (exact) mass is 511 g/mol. The molecule has 0 spiro atoms. The van der Waals surface area contributed by atoms with Gasteiger partial charge in [0.25, 0.3) is 0 Å². The molecule has 2 aromatic rings. The fourth-order valence-corrected chi connectivity index (χ4v) is 3.03. The van der Waals surface area contributed by atoms with Gasteiger partial charge in [-0.2, -0.15) is 0 Å². The molecule has 0 aromatic carbocycles. The maximum Gasteiger partial charge on any atom is 0.476 e. The largest absolute Gasteiger partial charge is 0.476 e. The Hall–Kier alpha value is -1.36. The Labute approximate surface area is 173 Å². The highest BCUT2D eigenvalue weighted by Crippen LogP contribution is 2.45. The van der Waals surface area contributed by atoms with E-state index in [9.17, 15) is 19.3 Å². The maximum absolute atomic E-state index is 9.93. The Morgan fingerprint density at radius 3 is 2.06 bits per heavy atom. The Morgan fingerprint density at radius 1 is 1.13 bits per heavy atom. The molecule has 31 heavy (non-hydrogen) atoms. The first-order valence-corrected chi connectivity index (χ1v) is 12.1. The van der Waals surface area contributed by atoms with Crippen LogP contribution in [0.2, 0.25) is 0 Å². The number of rotatable bonds is 3. The Morgan fingerprint density at radius 2 is 1.68 bits per heavy atom. The second-order valence-corrected chi connectivity index (χ2v) is 8.93. The van der Waals surface area contributed by atoms with Gasteiger partial charge in [0.2, 0.25) is 0 Å². The number of aliphatic hydroxyl groups is 2. The summed E-state index contributed by atoms with van der Waals surface area (Å²) in [5.74, 6) is 0.264. The van der Waals surface area contributed by atoms with Crippen LogP contribution in [-0.2, 0) is 22.7 Å². The van der Waals surface area contributed by atoms with E-state index in [2.05, 4.69) is 19.3 Å². The average Bonchev–Trinajstić information content (AvgIpc) is 3.09. The van der Waals surface area contributed by atoms with Crippen LogP contribution in [0.3, 0.4) is 0 Å². The molecule has 1 fully saturated rings. The molecule has 2 aromatic heterocycles. The van der Waals surface area contributed by atoms with Gasteiger partial charge in [0.1, 0.15) is 24.1 Å². The first-order chi connectivity index (χ1) is 14.0. The van der Waals surface area contributed by atoms with E-state index >= 15 is 0 Å². The van der Waals surface area contributed by atoms with Crippen molar-refractivity contribution >= 4 is 40.9 Å². The number of aromatic nitrogens is 4. The van der Waals surface area contributed by atoms with E-state index in [0.29, 0.717) is 11.2 Å². The predicted octanol–water partition coefficient (Wildman–Crippen LogP) is -2.40. The highest BCUT2D eigenvalue weighted by Gasteiger charge is 2.42. The summed E-state index contributed by atoms with van der Waals surface area (Å²) < 4.78 is 38.2. The summed E-state index contributed by atoms with van der Waals surface area (Å²) in [4.78, 5) is 56.8. The lowest BCUT2D eigenvalue weighted by Gasteiger charge is -2.16. The van der Waals surface area contributed by atoms with E-state index in [1.807, 2.05) is 0 Å². The molecule has 0 saturated carbocycles. The summed E-state index contributed by atoms with van der Waals surface area (Å²) in [6, 6.07) is 0. The zero-order valence-corrected chi connectivity index (χ0v) is 18.1. The van der Waals surface area contributed by atoms with Gasteiger partial charge in [-0.25, -0.2) is 28.4 Å². The Bertz CT molecular complexity index is 983. The first kappa shape index (κ1) is 27.7. The lowest BCUT2D eigenvalue weighted by molar-refractivity contribution is -0.0299. The van der Waals surface area contributed by atoms with E-state index in [-0.39, 0.29) is 5.82 Å². The lowest BCUT2D eigenvalue weighted by atomic mass is 10.1. The van der Waals surface area contributed by atoms with Crippen LogP contribution in [0.1, 0.15) is 13.2 Å². The number of hydrogen-bond donors (Lipinski definition) is 9. The fourth-order valence-electron chi connectivity index (χ4n) is 2.22. The number of hydrogen-bond acceptors (Lipinski definition) is 11. The van der Waals surface area contributed by atoms with Crippen LogP contribution in [0.5, 0.6) is 0 Å². The number of phosphoric acid groups is 2. The van der Waals surface area contributed by atoms with E-state index in [1.54, 1.807) is 11.5 Å². The van der Waals surface area contributed by atoms with Crippen LogP contribution < -0.4 is 5.73 Å². The van der Waals surface area contributed by atoms with Crippen molar-refractivity contribution in [3.05, 3.63) is 12.7 Å². The molecule has 21 heteroatoms. The normalized spacial score (nSPS) is 24.7. The predicted molar refractivity (Wildman–Crippen MR) is 99.9 cm³/mol. The molecular weight excluding hydrogens is 491 g/mol. The zero-order chi connectivity index (χ0) is 24.1. The molecule has 178 valence electrons. The van der Waals surface area contributed by atoms with Crippen LogP contribution >= 0.6 is 23.9 Å². The molecule has 3 rings (SSSR count). The number of imidazole rings is 1. The van der Waals surface area contributed by atoms with Crippen LogP contribution in [0, 0.1) is 0 Å². The summed E-state index contributed by atoms with van der Waals surface area (Å²) in [7, 11) is -12.9. The molecule has 5 atom stereocenters. The van der Waals surface area contributed by atoms with Crippen molar-refractivity contribution in [1.82, 2.24) is 19.5 Å². The number of fused-ring (bicyclic) bond motifs is 1. The lowest BCUT2D eigenvalue weighted by Crippen LogP contribution is -2.30. The minimum absolute atomic E-state index is 0.264. The van der Waals surface area contributed by atoms with Gasteiger partial charge >= 0.3 is 23.9 Å². The minimum atomic E-state index is -4.74. The number of aliphatic hydroxyl groups excluding tert-OH is 2. The van der Waals surface area contributed by atoms with Crippen molar-refractivity contribution in [2.45, 2.75) is 31.5 Å². The maximum atomic E-state index is 9.93. The van der Waals surface area contributed by atoms with Gasteiger partial charge in [-0.3, -0.25) is 9.13 Å². The highest BCUT2D eigenvalue weighted by atomic mass is 31.2. The molecule has 1 aliphatic rings. The summed E-state index contributed by atoms with van der Waals surface area (Å²) in [5.41, 5.74) is 6.59. The van der Waals surface area contributed by atoms with E-state index in [4.69, 9.17) is 44.4 Å². The SMILES string of the molecule is C[C@H]1O[C@@H](n2cnc3c(N)ncnc32)[C@H](O)[C@H]1O.O=P(O)(O)O.O=[PH](O)OP(=O)(O)O. The van der Waals surface area contributed by atoms with Gasteiger partial charge in [-0.15, -0.1) is 0 Å². The topological polar surface area (TPSA) is 301 Å². The van der Waals surface area contributed by atoms with Gasteiger partial charge in [-0.05, 0) is 6.92 Å². The van der Waals surface area contributed by atoms with Gasteiger partial charge in [0.15, 0.2) is 17.7 Å². The number of anilines is 1. The molecule has 0 radical (unpaired) electrons. The molecule has 1 unspecified atom stereocenters. The fraction of sp³-hybridized carbons (Fsp3) is 0.500. The quantitative estimate of drug-likeness (QED) is 0.194. The summed E-state index contributed by atoms with van der Waals surface area (Å²) >= 11 is 0. The highest BCUT2D eigenvalue weighted by molar-refractivity contribution is 7.54. The molecule has 1 saturated heterocycles. The summed E-state index contributed by atoms with van der Waals surface area (Å²) in [6.07, 6.45) is -0.373. The van der Waals surface area contributed by atoms with Crippen molar-refractivity contribution in [2.24, 2.45) is 0 Å². The molecule has 3 heterocycles. The Balaban J connectivity index is 0.000000309. The van der Waals surface area contributed by atoms with Gasteiger partial charge in [-0.1, -0.05) is 0 Å². The second kappa shape index (κ2) is 11.0. The minimum Gasteiger partial charge on any atom is -0.388 e. The smallest absolute Gasteiger partial charge is 0.388 e. The number of nitrogen functional groups attached to an aromatic ring is 1. The first-order valence-electron chi connectivity index (χ1n) is 7.72. The van der Waals surface area contributed by atoms with Crippen molar-refractivity contribution in [1.29, 1.82) is 0 Å². The standard InChI is InChI=1S/C10H13N5O3.H4O6P2.H3O4P/c1-4-6(16)7(17)10(18-4)15-3-14-5-8(11)12-2-13-9(5)15;1-7(2)6-8(3,4)5;1-5(2,3)4/h2-4,6-7,10,16-17H,1H3,(H2,11,12,13);7H,(H,1,2)(H2,3,4,5);(H3,1,2,3,4)/t4-,6+,7-,10-;;/m1../s1. The molecular formula is C10H20N5O13P3. The van der Waals surface area contributed by atoms with Crippen LogP contribution in [0.25, 0.3) is 11.2 Å². The molecule has 0 bridgehead atoms. The van der Waals surface area contributed by atoms with E-state index < -0.39 is 48.4 Å². The van der Waals surface area contributed by atoms with Crippen molar-refractivity contribution < 1.29 is 62.3 Å². The van der Waals surface area contributed by atoms with Crippen LogP contribution in [0.4, 0.5) is 5.82 Å². The van der Waals surface area contributed by atoms with Crippen molar-refractivity contribution in [3.8, 4) is 0 Å². The van der Waals surface area contributed by atoms with Crippen molar-refractivity contribution in [2.75, 3.05) is 5.73 Å². The van der Waals surface area contributed by atoms with Crippen LogP contribution in [-0.4, -0.2) is 77.4 Å². The Kier molecular flexibility index (Phi) is 9.80. The number of nitrogens with zero attached hydrogens (tertiary/aromatic N) is 4. The zero-order valence-electron chi connectivity index (χ0n) is 15.3. The molecule has 10 N–H and O–H groups in total. The summed E-state index contributed by atoms with van der Waals surface area (Å²) in [6.45, 7) is 1.69. The van der Waals surface area contributed by atoms with E-state index in [0.717, 1.165) is 0 Å². The molecule has 0 aliphatic carbocycles. The van der Waals surface area contributed by atoms with Gasteiger partial charge in [0, 0.05) is 0 Å². The molecule has 18 nitrogen and oxygen atoms in total. The number of nitrogens with two attached hydrogens (primary N) is 1. The molecule has 1 aliphatic heterocycles. The third kappa shape index (κ3) is 9.34. The van der Waals surface area contributed by atoms with Crippen molar-refractivity contribution in [3.63, 3.8) is 0 Å². The van der Waals surface area contributed by atoms with Crippen LogP contribution in [0.15, 0.2) is 12.7 Å². The number of ether oxygens (including phenoxy) is 1. The van der Waals surface area contributed by atoms with Gasteiger partial charge < -0.3 is 50.0 Å². The third-order valence-corrected chi connectivity index (χ3v) is 4.91. The van der Waals surface area contributed by atoms with Gasteiger partial charge in [0.05, 0.1) is 12.4 Å². The summed E-state index contributed by atoms with van der Waals surface area (Å²) in [5, 5.41) is 19.6. The van der Waals surface area contributed by atoms with E-state index in [1.165, 1.54) is 12.7 Å². The second-order valence-electron chi connectivity index (χ2n) is 5.66. The molecule has 0 amide bonds. The third-order valence-electron chi connectivity index (χ3n) is 3.34. The average molecular weight is 511 g/mol.